The molecule has 0 heterocycles. The molecule has 0 aromatic carbocycles. The Kier molecular flexibility index (Phi) is 18.9. The van der Waals surface area contributed by atoms with Crippen LogP contribution >= 0.6 is 15.2 Å². The van der Waals surface area contributed by atoms with E-state index in [2.05, 4.69) is 13.2 Å². The van der Waals surface area contributed by atoms with Crippen molar-refractivity contribution in [2.24, 2.45) is 0 Å². The summed E-state index contributed by atoms with van der Waals surface area (Å²) in [6, 6.07) is 0. The van der Waals surface area contributed by atoms with Crippen LogP contribution in [0.15, 0.2) is 25.3 Å². The van der Waals surface area contributed by atoms with Crippen molar-refractivity contribution >= 4 is 15.2 Å². The van der Waals surface area contributed by atoms with E-state index in [1.807, 2.05) is 12.2 Å². The van der Waals surface area contributed by atoms with E-state index >= 15 is 0 Å². The van der Waals surface area contributed by atoms with Crippen LogP contribution in [-0.2, 0) is 27.2 Å². The summed E-state index contributed by atoms with van der Waals surface area (Å²) >= 11 is 0. The molecule has 0 radical (unpaired) electrons. The molecule has 0 N–H and O–H groups in total. The van der Waals surface area contributed by atoms with Crippen molar-refractivity contribution in [3.63, 3.8) is 0 Å². The van der Waals surface area contributed by atoms with Crippen LogP contribution in [0.3, 0.4) is 0 Å². The first-order valence-corrected chi connectivity index (χ1v) is 16.0. The lowest BCUT2D eigenvalue weighted by Crippen LogP contribution is -2.33. The maximum Gasteiger partial charge on any atom is 0.348 e. The van der Waals surface area contributed by atoms with Crippen molar-refractivity contribution in [1.82, 2.24) is 0 Å². The van der Waals surface area contributed by atoms with Gasteiger partial charge in [-0.25, -0.2) is 0 Å². The summed E-state index contributed by atoms with van der Waals surface area (Å²) in [4.78, 5) is -1.31. The Balaban J connectivity index is 6.12. The molecule has 0 aromatic heterocycles. The SMILES string of the molecule is C=CCCCCCCC(CCCCCCC=C)(P(=O)(OCC)OCC)P(=O)(OCC)OCC. The average Bonchev–Trinajstić information content (AvgIpc) is 2.77. The van der Waals surface area contributed by atoms with Crippen LogP contribution < -0.4 is 0 Å². The van der Waals surface area contributed by atoms with Gasteiger partial charge in [-0.15, -0.1) is 13.2 Å². The molecule has 0 fully saturated rings. The minimum Gasteiger partial charge on any atom is -0.308 e. The first-order valence-electron chi connectivity index (χ1n) is 12.9. The Hall–Kier alpha value is -0.220. The van der Waals surface area contributed by atoms with E-state index < -0.39 is 20.1 Å². The number of rotatable bonds is 24. The zero-order valence-corrected chi connectivity index (χ0v) is 23.5. The van der Waals surface area contributed by atoms with Crippen LogP contribution in [0.4, 0.5) is 0 Å². The van der Waals surface area contributed by atoms with Crippen molar-refractivity contribution in [2.45, 2.75) is 110 Å². The topological polar surface area (TPSA) is 71.1 Å². The molecule has 0 aliphatic heterocycles. The molecule has 0 unspecified atom stereocenters. The van der Waals surface area contributed by atoms with E-state index in [1.54, 1.807) is 27.7 Å². The fourth-order valence-corrected chi connectivity index (χ4v) is 10.2. The van der Waals surface area contributed by atoms with Gasteiger partial charge in [-0.05, 0) is 66.2 Å². The lowest BCUT2D eigenvalue weighted by Gasteiger charge is -2.42. The van der Waals surface area contributed by atoms with Gasteiger partial charge in [-0.2, -0.15) is 0 Å². The molecule has 33 heavy (non-hydrogen) atoms. The molecular weight excluding hydrogens is 458 g/mol. The highest BCUT2D eigenvalue weighted by molar-refractivity contribution is 7.74. The third-order valence-corrected chi connectivity index (χ3v) is 12.5. The molecule has 8 heteroatoms. The fourth-order valence-electron chi connectivity index (χ4n) is 4.16. The van der Waals surface area contributed by atoms with Crippen LogP contribution in [0.25, 0.3) is 0 Å². The van der Waals surface area contributed by atoms with Crippen molar-refractivity contribution in [3.05, 3.63) is 25.3 Å². The van der Waals surface area contributed by atoms with E-state index in [0.717, 1.165) is 64.2 Å². The van der Waals surface area contributed by atoms with E-state index in [4.69, 9.17) is 18.1 Å². The molecule has 0 rings (SSSR count). The van der Waals surface area contributed by atoms with Gasteiger partial charge in [0.25, 0.3) is 0 Å². The van der Waals surface area contributed by atoms with Crippen LogP contribution in [0, 0.1) is 0 Å². The van der Waals surface area contributed by atoms with Gasteiger partial charge < -0.3 is 18.1 Å². The Morgan fingerprint density at radius 1 is 0.576 bits per heavy atom. The highest BCUT2D eigenvalue weighted by atomic mass is 31.2. The number of hydrogen-bond acceptors (Lipinski definition) is 6. The molecular formula is C25H50O6P2. The lowest BCUT2D eigenvalue weighted by molar-refractivity contribution is 0.169. The monoisotopic (exact) mass is 508 g/mol. The molecule has 0 spiro atoms. The Bertz CT molecular complexity index is 536. The zero-order valence-electron chi connectivity index (χ0n) is 21.7. The minimum absolute atomic E-state index is 0.204. The third-order valence-electron chi connectivity index (χ3n) is 5.69. The summed E-state index contributed by atoms with van der Waals surface area (Å²) in [6.07, 6.45) is 14.2. The van der Waals surface area contributed by atoms with Gasteiger partial charge in [0, 0.05) is 0 Å². The summed E-state index contributed by atoms with van der Waals surface area (Å²) in [5, 5.41) is 0. The summed E-state index contributed by atoms with van der Waals surface area (Å²) in [6.45, 7) is 15.5. The van der Waals surface area contributed by atoms with E-state index in [0.29, 0.717) is 12.8 Å². The van der Waals surface area contributed by atoms with Gasteiger partial charge in [-0.3, -0.25) is 9.13 Å². The minimum atomic E-state index is -3.81. The maximum absolute atomic E-state index is 14.4. The predicted molar refractivity (Wildman–Crippen MR) is 140 cm³/mol. The summed E-state index contributed by atoms with van der Waals surface area (Å²) < 4.78 is 52.1. The quantitative estimate of drug-likeness (QED) is 0.0735. The zero-order chi connectivity index (χ0) is 25.1. The van der Waals surface area contributed by atoms with Gasteiger partial charge in [0.15, 0.2) is 4.90 Å². The second-order valence-electron chi connectivity index (χ2n) is 8.13. The second-order valence-corrected chi connectivity index (χ2v) is 13.2. The fraction of sp³-hybridized carbons (Fsp3) is 0.840. The molecule has 196 valence electrons. The normalized spacial score (nSPS) is 12.7. The van der Waals surface area contributed by atoms with Gasteiger partial charge in [0.05, 0.1) is 26.4 Å². The molecule has 0 aromatic rings. The van der Waals surface area contributed by atoms with Gasteiger partial charge in [0.2, 0.25) is 0 Å². The Morgan fingerprint density at radius 3 is 1.15 bits per heavy atom. The standard InChI is InChI=1S/C25H50O6P2/c1-7-13-15-17-19-21-23-25(24-22-20-18-16-14-8-2,32(26,28-9-3)29-10-4)33(27,30-11-5)31-12-6/h7-8H,1-2,9-24H2,3-6H3. The Labute approximate surface area is 203 Å². The molecule has 0 saturated heterocycles. The average molecular weight is 509 g/mol. The molecule has 6 nitrogen and oxygen atoms in total. The first kappa shape index (κ1) is 32.8. The van der Waals surface area contributed by atoms with Crippen LogP contribution in [0.1, 0.15) is 105 Å². The first-order chi connectivity index (χ1) is 15.9. The second kappa shape index (κ2) is 19.0. The predicted octanol–water partition coefficient (Wildman–Crippen LogP) is 9.27. The number of unbranched alkanes of at least 4 members (excludes halogenated alkanes) is 8. The summed E-state index contributed by atoms with van der Waals surface area (Å²) in [5.41, 5.74) is 0. The lowest BCUT2D eigenvalue weighted by atomic mass is 10.0. The van der Waals surface area contributed by atoms with Gasteiger partial charge >= 0.3 is 15.2 Å². The molecule has 0 bridgehead atoms. The number of hydrogen-bond donors (Lipinski definition) is 0. The molecule has 0 aliphatic rings. The number of allylic oxidation sites excluding steroid dienone is 2. The Morgan fingerprint density at radius 2 is 0.879 bits per heavy atom. The molecule has 0 atom stereocenters. The maximum atomic E-state index is 14.4. The van der Waals surface area contributed by atoms with Crippen molar-refractivity contribution in [2.75, 3.05) is 26.4 Å². The highest BCUT2D eigenvalue weighted by Gasteiger charge is 2.64. The van der Waals surface area contributed by atoms with E-state index in [1.165, 1.54) is 0 Å². The third kappa shape index (κ3) is 10.5. The molecule has 0 saturated carbocycles. The summed E-state index contributed by atoms with van der Waals surface area (Å²) in [7, 11) is -7.62. The molecule has 0 amide bonds. The molecule has 0 aliphatic carbocycles. The van der Waals surface area contributed by atoms with Crippen LogP contribution in [0.5, 0.6) is 0 Å². The van der Waals surface area contributed by atoms with E-state index in [9.17, 15) is 9.13 Å². The highest BCUT2D eigenvalue weighted by Crippen LogP contribution is 2.81. The smallest absolute Gasteiger partial charge is 0.308 e. The van der Waals surface area contributed by atoms with E-state index in [-0.39, 0.29) is 26.4 Å². The van der Waals surface area contributed by atoms with Crippen LogP contribution in [0.2, 0.25) is 0 Å². The van der Waals surface area contributed by atoms with Crippen molar-refractivity contribution in [1.29, 1.82) is 0 Å². The van der Waals surface area contributed by atoms with Gasteiger partial charge in [-0.1, -0.05) is 50.7 Å². The van der Waals surface area contributed by atoms with Gasteiger partial charge in [0.1, 0.15) is 0 Å². The summed E-state index contributed by atoms with van der Waals surface area (Å²) in [5.74, 6) is 0. The van der Waals surface area contributed by atoms with Crippen molar-refractivity contribution < 1.29 is 27.2 Å². The van der Waals surface area contributed by atoms with Crippen LogP contribution in [-0.4, -0.2) is 31.3 Å². The van der Waals surface area contributed by atoms with Crippen molar-refractivity contribution in [3.8, 4) is 0 Å². The largest absolute Gasteiger partial charge is 0.348 e.